The van der Waals surface area contributed by atoms with E-state index < -0.39 is 0 Å². The van der Waals surface area contributed by atoms with E-state index in [1.54, 1.807) is 18.7 Å². The molecule has 2 aromatic heterocycles. The highest BCUT2D eigenvalue weighted by Crippen LogP contribution is 2.20. The third-order valence-electron chi connectivity index (χ3n) is 2.16. The number of hydrogen-bond donors (Lipinski definition) is 1. The Balaban J connectivity index is 2.55. The van der Waals surface area contributed by atoms with Crippen molar-refractivity contribution >= 4 is 0 Å². The van der Waals surface area contributed by atoms with Crippen molar-refractivity contribution in [2.45, 2.75) is 6.54 Å². The molecule has 0 aliphatic heterocycles. The maximum Gasteiger partial charge on any atom is 0.0952 e. The highest BCUT2D eigenvalue weighted by Gasteiger charge is 2.08. The lowest BCUT2D eigenvalue weighted by molar-refractivity contribution is 0.920. The third kappa shape index (κ3) is 1.40. The number of imidazole rings is 1. The van der Waals surface area contributed by atoms with Gasteiger partial charge in [-0.25, -0.2) is 4.98 Å². The van der Waals surface area contributed by atoms with Gasteiger partial charge in [-0.05, 0) is 12.1 Å². The molecule has 0 saturated heterocycles. The number of hydrogen-bond acceptors (Lipinski definition) is 3. The second kappa shape index (κ2) is 3.59. The summed E-state index contributed by atoms with van der Waals surface area (Å²) in [5.74, 6) is 0. The molecule has 2 heterocycles. The lowest BCUT2D eigenvalue weighted by atomic mass is 10.1. The minimum absolute atomic E-state index is 0.457. The third-order valence-corrected chi connectivity index (χ3v) is 2.16. The van der Waals surface area contributed by atoms with E-state index >= 15 is 0 Å². The van der Waals surface area contributed by atoms with Crippen LogP contribution in [0.5, 0.6) is 0 Å². The fourth-order valence-electron chi connectivity index (χ4n) is 1.51. The van der Waals surface area contributed by atoms with Gasteiger partial charge in [-0.3, -0.25) is 4.98 Å². The zero-order chi connectivity index (χ0) is 9.97. The minimum atomic E-state index is 0.457. The Morgan fingerprint density at radius 3 is 2.71 bits per heavy atom. The predicted octanol–water partition coefficient (Wildman–Crippen LogP) is 0.941. The largest absolute Gasteiger partial charge is 0.333 e. The quantitative estimate of drug-likeness (QED) is 0.763. The monoisotopic (exact) mass is 188 g/mol. The number of nitrogens with two attached hydrogens (primary N) is 1. The zero-order valence-corrected chi connectivity index (χ0v) is 8.01. The van der Waals surface area contributed by atoms with Crippen molar-refractivity contribution in [3.8, 4) is 11.3 Å². The summed E-state index contributed by atoms with van der Waals surface area (Å²) in [5, 5.41) is 0. The molecule has 2 aromatic rings. The Bertz CT molecular complexity index is 419. The Hall–Kier alpha value is -1.68. The van der Waals surface area contributed by atoms with Gasteiger partial charge >= 0.3 is 0 Å². The summed E-state index contributed by atoms with van der Waals surface area (Å²) >= 11 is 0. The van der Waals surface area contributed by atoms with Crippen molar-refractivity contribution in [3.05, 3.63) is 36.5 Å². The summed E-state index contributed by atoms with van der Waals surface area (Å²) in [6, 6.07) is 3.91. The molecule has 0 fully saturated rings. The molecule has 2 N–H and O–H groups in total. The van der Waals surface area contributed by atoms with E-state index in [-0.39, 0.29) is 0 Å². The normalized spacial score (nSPS) is 10.4. The Kier molecular flexibility index (Phi) is 2.28. The van der Waals surface area contributed by atoms with E-state index in [4.69, 9.17) is 5.73 Å². The molecule has 0 radical (unpaired) electrons. The van der Waals surface area contributed by atoms with E-state index in [0.29, 0.717) is 6.54 Å². The number of pyridine rings is 1. The van der Waals surface area contributed by atoms with E-state index in [0.717, 1.165) is 17.0 Å². The van der Waals surface area contributed by atoms with Crippen molar-refractivity contribution in [2.24, 2.45) is 12.8 Å². The molecule has 4 nitrogen and oxygen atoms in total. The van der Waals surface area contributed by atoms with Gasteiger partial charge in [0.05, 0.1) is 17.7 Å². The molecule has 72 valence electrons. The van der Waals surface area contributed by atoms with Crippen molar-refractivity contribution in [2.75, 3.05) is 0 Å². The van der Waals surface area contributed by atoms with Crippen LogP contribution in [0.4, 0.5) is 0 Å². The first kappa shape index (κ1) is 8.90. The summed E-state index contributed by atoms with van der Waals surface area (Å²) in [4.78, 5) is 8.21. The van der Waals surface area contributed by atoms with Crippen molar-refractivity contribution < 1.29 is 0 Å². The van der Waals surface area contributed by atoms with Gasteiger partial charge in [0.1, 0.15) is 0 Å². The smallest absolute Gasteiger partial charge is 0.0952 e. The van der Waals surface area contributed by atoms with Crippen LogP contribution in [0.15, 0.2) is 30.9 Å². The van der Waals surface area contributed by atoms with Crippen LogP contribution in [0.2, 0.25) is 0 Å². The molecular formula is C10H12N4. The predicted molar refractivity (Wildman–Crippen MR) is 54.3 cm³/mol. The second-order valence-electron chi connectivity index (χ2n) is 3.09. The summed E-state index contributed by atoms with van der Waals surface area (Å²) in [6.07, 6.45) is 5.31. The maximum atomic E-state index is 5.61. The molecule has 0 spiro atoms. The van der Waals surface area contributed by atoms with E-state index in [2.05, 4.69) is 9.97 Å². The van der Waals surface area contributed by atoms with Gasteiger partial charge in [-0.1, -0.05) is 0 Å². The summed E-state index contributed by atoms with van der Waals surface area (Å²) in [5.41, 5.74) is 8.69. The average Bonchev–Trinajstić information content (AvgIpc) is 2.61. The van der Waals surface area contributed by atoms with Crippen LogP contribution in [-0.4, -0.2) is 14.5 Å². The SMILES string of the molecule is Cn1cnc(CN)c1-c1ccncc1. The average molecular weight is 188 g/mol. The topological polar surface area (TPSA) is 56.7 Å². The van der Waals surface area contributed by atoms with Crippen LogP contribution >= 0.6 is 0 Å². The molecule has 14 heavy (non-hydrogen) atoms. The first-order chi connectivity index (χ1) is 6.83. The van der Waals surface area contributed by atoms with Gasteiger partial charge in [-0.15, -0.1) is 0 Å². The molecule has 0 unspecified atom stereocenters. The Morgan fingerprint density at radius 2 is 2.07 bits per heavy atom. The van der Waals surface area contributed by atoms with Crippen LogP contribution in [0.25, 0.3) is 11.3 Å². The minimum Gasteiger partial charge on any atom is -0.333 e. The molecule has 0 saturated carbocycles. The molecule has 0 aromatic carbocycles. The van der Waals surface area contributed by atoms with Gasteiger partial charge in [0.15, 0.2) is 0 Å². The maximum absolute atomic E-state index is 5.61. The van der Waals surface area contributed by atoms with E-state index in [1.165, 1.54) is 0 Å². The van der Waals surface area contributed by atoms with Crippen molar-refractivity contribution in [1.29, 1.82) is 0 Å². The van der Waals surface area contributed by atoms with Crippen LogP contribution in [0.1, 0.15) is 5.69 Å². The molecule has 0 aliphatic carbocycles. The first-order valence-electron chi connectivity index (χ1n) is 4.43. The molecule has 2 rings (SSSR count). The van der Waals surface area contributed by atoms with Gasteiger partial charge in [-0.2, -0.15) is 0 Å². The Morgan fingerprint density at radius 1 is 1.36 bits per heavy atom. The van der Waals surface area contributed by atoms with Crippen LogP contribution < -0.4 is 5.73 Å². The molecule has 0 atom stereocenters. The van der Waals surface area contributed by atoms with Crippen molar-refractivity contribution in [3.63, 3.8) is 0 Å². The first-order valence-corrected chi connectivity index (χ1v) is 4.43. The number of rotatable bonds is 2. The van der Waals surface area contributed by atoms with Crippen LogP contribution in [0.3, 0.4) is 0 Å². The lowest BCUT2D eigenvalue weighted by Crippen LogP contribution is -2.00. The number of aryl methyl sites for hydroxylation is 1. The second-order valence-corrected chi connectivity index (χ2v) is 3.09. The Labute approximate surface area is 82.4 Å². The van der Waals surface area contributed by atoms with Gasteiger partial charge in [0.25, 0.3) is 0 Å². The molecular weight excluding hydrogens is 176 g/mol. The van der Waals surface area contributed by atoms with Crippen LogP contribution in [-0.2, 0) is 13.6 Å². The van der Waals surface area contributed by atoms with E-state index in [1.807, 2.05) is 23.7 Å². The van der Waals surface area contributed by atoms with Gasteiger partial charge in [0.2, 0.25) is 0 Å². The summed E-state index contributed by atoms with van der Waals surface area (Å²) < 4.78 is 1.97. The number of aromatic nitrogens is 3. The highest BCUT2D eigenvalue weighted by atomic mass is 15.0. The molecule has 0 bridgehead atoms. The van der Waals surface area contributed by atoms with Crippen molar-refractivity contribution in [1.82, 2.24) is 14.5 Å². The molecule has 0 aliphatic rings. The molecule has 0 amide bonds. The number of nitrogens with zero attached hydrogens (tertiary/aromatic N) is 3. The fraction of sp³-hybridized carbons (Fsp3) is 0.200. The van der Waals surface area contributed by atoms with E-state index in [9.17, 15) is 0 Å². The van der Waals surface area contributed by atoms with Crippen LogP contribution in [0, 0.1) is 0 Å². The zero-order valence-electron chi connectivity index (χ0n) is 8.01. The van der Waals surface area contributed by atoms with Gasteiger partial charge in [0, 0.05) is 31.5 Å². The standard InChI is InChI=1S/C10H12N4/c1-14-7-13-9(6-11)10(14)8-2-4-12-5-3-8/h2-5,7H,6,11H2,1H3. The fourth-order valence-corrected chi connectivity index (χ4v) is 1.51. The lowest BCUT2D eigenvalue weighted by Gasteiger charge is -2.03. The summed E-state index contributed by atoms with van der Waals surface area (Å²) in [6.45, 7) is 0.457. The highest BCUT2D eigenvalue weighted by molar-refractivity contribution is 5.61. The van der Waals surface area contributed by atoms with Gasteiger partial charge < -0.3 is 10.3 Å². The summed E-state index contributed by atoms with van der Waals surface area (Å²) in [7, 11) is 1.96. The molecule has 4 heteroatoms.